The Balaban J connectivity index is 0.00000288. The van der Waals surface area contributed by atoms with Crippen molar-refractivity contribution in [2.24, 2.45) is 0 Å². The van der Waals surface area contributed by atoms with Crippen LogP contribution in [0.1, 0.15) is 23.1 Å². The minimum Gasteiger partial charge on any atom is -0.494 e. The fraction of sp³-hybridized carbons (Fsp3) is 0.316. The number of hydrogen-bond acceptors (Lipinski definition) is 3. The second kappa shape index (κ2) is 9.03. The van der Waals surface area contributed by atoms with Gasteiger partial charge in [-0.2, -0.15) is 24.6 Å². The van der Waals surface area contributed by atoms with Crippen molar-refractivity contribution in [3.05, 3.63) is 60.0 Å². The van der Waals surface area contributed by atoms with Gasteiger partial charge in [-0.1, -0.05) is 11.6 Å². The summed E-state index contributed by atoms with van der Waals surface area (Å²) in [6.45, 7) is 8.50. The smallest absolute Gasteiger partial charge is 0.147 e. The summed E-state index contributed by atoms with van der Waals surface area (Å²) < 4.78 is 27.9. The van der Waals surface area contributed by atoms with Crippen LogP contribution in [0.5, 0.6) is 5.75 Å². The third-order valence-electron chi connectivity index (χ3n) is 3.65. The fourth-order valence-electron chi connectivity index (χ4n) is 2.70. The van der Waals surface area contributed by atoms with Gasteiger partial charge in [0.2, 0.25) is 0 Å². The molecule has 0 unspecified atom stereocenters. The molecule has 0 saturated carbocycles. The van der Waals surface area contributed by atoms with Crippen molar-refractivity contribution in [3.8, 4) is 16.9 Å². The molecule has 0 aliphatic rings. The van der Waals surface area contributed by atoms with E-state index >= 15 is 0 Å². The van der Waals surface area contributed by atoms with Crippen molar-refractivity contribution < 1.29 is 45.9 Å². The zero-order valence-corrected chi connectivity index (χ0v) is 18.2. The van der Waals surface area contributed by atoms with E-state index in [2.05, 4.69) is 32.9 Å². The first-order valence-electron chi connectivity index (χ1n) is 7.60. The monoisotopic (exact) mass is 420 g/mol. The number of hydrogen-bond donors (Lipinski definition) is 0. The predicted octanol–water partition coefficient (Wildman–Crippen LogP) is 3.96. The molecule has 0 bridgehead atoms. The second-order valence-corrected chi connectivity index (χ2v) is 8.22. The summed E-state index contributed by atoms with van der Waals surface area (Å²) >= 11 is 0. The number of ether oxygens (including phenoxy) is 1. The van der Waals surface area contributed by atoms with Gasteiger partial charge in [0.05, 0.1) is 12.4 Å². The van der Waals surface area contributed by atoms with Crippen molar-refractivity contribution in [2.45, 2.75) is 20.3 Å². The first-order valence-corrected chi connectivity index (χ1v) is 9.66. The van der Waals surface area contributed by atoms with E-state index in [0.717, 1.165) is 28.0 Å². The van der Waals surface area contributed by atoms with Crippen molar-refractivity contribution in [1.29, 1.82) is 0 Å². The molecule has 0 aliphatic heterocycles. The third-order valence-corrected chi connectivity index (χ3v) is 4.68. The van der Waals surface area contributed by atoms with Gasteiger partial charge in [0, 0.05) is 39.0 Å². The first kappa shape index (κ1) is 21.2. The Morgan fingerprint density at radius 1 is 1.08 bits per heavy atom. The van der Waals surface area contributed by atoms with Crippen molar-refractivity contribution in [2.75, 3.05) is 18.6 Å². The maximum atomic E-state index is 11.1. The molecule has 2 aromatic rings. The van der Waals surface area contributed by atoms with Crippen LogP contribution in [0.3, 0.4) is 0 Å². The number of benzene rings is 2. The Bertz CT molecular complexity index is 775. The van der Waals surface area contributed by atoms with Crippen LogP contribution < -0.4 is 4.74 Å². The van der Waals surface area contributed by atoms with Gasteiger partial charge >= 0.3 is 0 Å². The average Bonchev–Trinajstić information content (AvgIpc) is 2.42. The molecule has 0 heterocycles. The van der Waals surface area contributed by atoms with Gasteiger partial charge in [-0.3, -0.25) is 0 Å². The molecule has 127 valence electrons. The van der Waals surface area contributed by atoms with Crippen molar-refractivity contribution in [3.63, 3.8) is 0 Å². The minimum atomic E-state index is -2.93. The van der Waals surface area contributed by atoms with Gasteiger partial charge in [-0.15, -0.1) is 6.07 Å². The molecule has 24 heavy (non-hydrogen) atoms. The zero-order valence-electron chi connectivity index (χ0n) is 14.5. The maximum absolute atomic E-state index is 11.1. The third kappa shape index (κ3) is 6.23. The van der Waals surface area contributed by atoms with E-state index in [4.69, 9.17) is 4.74 Å². The molecule has 2 aromatic carbocycles. The van der Waals surface area contributed by atoms with Gasteiger partial charge < -0.3 is 4.74 Å². The van der Waals surface area contributed by atoms with Gasteiger partial charge in [-0.05, 0) is 49.1 Å². The largest absolute Gasteiger partial charge is 0.494 e. The molecule has 5 heteroatoms. The zero-order chi connectivity index (χ0) is 17.0. The van der Waals surface area contributed by atoms with Gasteiger partial charge in [0.1, 0.15) is 15.6 Å². The standard InChI is InChI=1S/C19H23O3S.Y/c1-14-7-5-8-17(11-14)19-15(2)12-18(13-16(19)3)22-9-6-10-23(4,20)21;/h5,7-8,11-13H,1,6,9-10H2,2-4H3;/q-1;. The van der Waals surface area contributed by atoms with Crippen LogP contribution in [0.2, 0.25) is 0 Å². The van der Waals surface area contributed by atoms with Crippen molar-refractivity contribution in [1.82, 2.24) is 0 Å². The Kier molecular flexibility index (Phi) is 7.98. The summed E-state index contributed by atoms with van der Waals surface area (Å²) in [5, 5.41) is 0. The molecule has 1 radical (unpaired) electrons. The van der Waals surface area contributed by atoms with E-state index in [-0.39, 0.29) is 38.5 Å². The van der Waals surface area contributed by atoms with Crippen LogP contribution in [0.25, 0.3) is 11.1 Å². The van der Waals surface area contributed by atoms with Gasteiger partial charge in [0.25, 0.3) is 0 Å². The second-order valence-electron chi connectivity index (χ2n) is 5.96. The molecule has 0 spiro atoms. The molecule has 2 rings (SSSR count). The molecule has 0 N–H and O–H groups in total. The molecule has 0 amide bonds. The van der Waals surface area contributed by atoms with E-state index in [1.807, 2.05) is 24.3 Å². The summed E-state index contributed by atoms with van der Waals surface area (Å²) in [6, 6.07) is 12.1. The Labute approximate surface area is 170 Å². The number of aryl methyl sites for hydroxylation is 2. The summed E-state index contributed by atoms with van der Waals surface area (Å²) in [7, 11) is -2.93. The molecule has 0 aromatic heterocycles. The minimum absolute atomic E-state index is 0. The number of sulfone groups is 1. The van der Waals surface area contributed by atoms with Crippen LogP contribution in [0.4, 0.5) is 0 Å². The summed E-state index contributed by atoms with van der Waals surface area (Å²) in [5.74, 6) is 0.933. The Morgan fingerprint density at radius 2 is 1.71 bits per heavy atom. The summed E-state index contributed by atoms with van der Waals surface area (Å²) in [6.07, 6.45) is 1.75. The van der Waals surface area contributed by atoms with E-state index < -0.39 is 9.84 Å². The van der Waals surface area contributed by atoms with Crippen LogP contribution >= 0.6 is 0 Å². The van der Waals surface area contributed by atoms with Crippen LogP contribution in [0, 0.1) is 20.8 Å². The fourth-order valence-corrected chi connectivity index (χ4v) is 3.34. The van der Waals surface area contributed by atoms with Crippen LogP contribution in [0.15, 0.2) is 36.4 Å². The van der Waals surface area contributed by atoms with Gasteiger partial charge in [-0.25, -0.2) is 8.42 Å². The topological polar surface area (TPSA) is 43.4 Å². The predicted molar refractivity (Wildman–Crippen MR) is 95.6 cm³/mol. The van der Waals surface area contributed by atoms with Gasteiger partial charge in [0.15, 0.2) is 0 Å². The molecule has 0 atom stereocenters. The average molecular weight is 420 g/mol. The van der Waals surface area contributed by atoms with E-state index in [1.54, 1.807) is 0 Å². The quantitative estimate of drug-likeness (QED) is 0.525. The van der Waals surface area contributed by atoms with E-state index in [1.165, 1.54) is 11.8 Å². The maximum Gasteiger partial charge on any atom is 0.147 e. The van der Waals surface area contributed by atoms with Crippen molar-refractivity contribution >= 4 is 9.84 Å². The first-order chi connectivity index (χ1) is 10.8. The van der Waals surface area contributed by atoms with Crippen LogP contribution in [-0.4, -0.2) is 27.0 Å². The molecule has 0 fully saturated rings. The molecular weight excluding hydrogens is 397 g/mol. The summed E-state index contributed by atoms with van der Waals surface area (Å²) in [5.41, 5.74) is 5.60. The Hall–Kier alpha value is -0.836. The van der Waals surface area contributed by atoms with E-state index in [0.29, 0.717) is 13.0 Å². The molecule has 3 nitrogen and oxygen atoms in total. The molecule has 0 saturated heterocycles. The molecular formula is C19H23O3SY-. The van der Waals surface area contributed by atoms with Crippen LogP contribution in [-0.2, 0) is 42.5 Å². The van der Waals surface area contributed by atoms with E-state index in [9.17, 15) is 8.42 Å². The summed E-state index contributed by atoms with van der Waals surface area (Å²) in [4.78, 5) is 0. The SMILES string of the molecule is [CH2-]c1cccc(-c2c(C)cc(OCCCS(C)(=O)=O)cc2C)c1.[Y]. The normalized spacial score (nSPS) is 11.0. The number of rotatable bonds is 6. The Morgan fingerprint density at radius 3 is 2.25 bits per heavy atom. The molecule has 0 aliphatic carbocycles.